The van der Waals surface area contributed by atoms with Crippen LogP contribution in [0.5, 0.6) is 0 Å². The SMILES string of the molecule is CC(=O)c1nn(C(c2ccccc2)(c2ccccc2)c2ccccc2)c2cc(Cl)nc(CO)c12. The van der Waals surface area contributed by atoms with E-state index < -0.39 is 5.54 Å². The van der Waals surface area contributed by atoms with Crippen molar-refractivity contribution in [2.24, 2.45) is 0 Å². The van der Waals surface area contributed by atoms with Gasteiger partial charge in [0.25, 0.3) is 0 Å². The minimum Gasteiger partial charge on any atom is -0.390 e. The van der Waals surface area contributed by atoms with E-state index in [2.05, 4.69) is 41.4 Å². The van der Waals surface area contributed by atoms with Crippen LogP contribution in [0.1, 0.15) is 39.8 Å². The molecule has 6 heteroatoms. The van der Waals surface area contributed by atoms with E-state index in [-0.39, 0.29) is 23.2 Å². The first-order valence-electron chi connectivity index (χ1n) is 10.9. The Morgan fingerprint density at radius 1 is 0.882 bits per heavy atom. The van der Waals surface area contributed by atoms with Gasteiger partial charge in [0.1, 0.15) is 16.4 Å². The molecule has 0 radical (unpaired) electrons. The molecule has 2 aromatic heterocycles. The molecule has 34 heavy (non-hydrogen) atoms. The number of carbonyl (C=O) groups excluding carboxylic acids is 1. The van der Waals surface area contributed by atoms with Gasteiger partial charge in [0.05, 0.1) is 23.2 Å². The van der Waals surface area contributed by atoms with Gasteiger partial charge in [0, 0.05) is 13.0 Å². The number of aliphatic hydroxyl groups excluding tert-OH is 1. The van der Waals surface area contributed by atoms with E-state index in [0.29, 0.717) is 16.6 Å². The Hall–Kier alpha value is -3.80. The Morgan fingerprint density at radius 3 is 1.76 bits per heavy atom. The standard InChI is InChI=1S/C28H22ClN3O2/c1-19(34)27-26-23(18-33)30-25(29)17-24(26)32(31-27)28(20-11-5-2-6-12-20,21-13-7-3-8-14-21)22-15-9-4-10-16-22/h2-17,33H,18H2,1H3. The van der Waals surface area contributed by atoms with E-state index in [1.54, 1.807) is 6.07 Å². The molecule has 168 valence electrons. The topological polar surface area (TPSA) is 68.0 Å². The number of ketones is 1. The fourth-order valence-electron chi connectivity index (χ4n) is 4.70. The molecule has 0 fully saturated rings. The molecule has 0 amide bonds. The average molecular weight is 468 g/mol. The Bertz CT molecular complexity index is 1370. The number of hydrogen-bond acceptors (Lipinski definition) is 4. The van der Waals surface area contributed by atoms with Crippen molar-refractivity contribution in [2.75, 3.05) is 0 Å². The summed E-state index contributed by atoms with van der Waals surface area (Å²) in [4.78, 5) is 17.0. The number of carbonyl (C=O) groups is 1. The highest BCUT2D eigenvalue weighted by atomic mass is 35.5. The van der Waals surface area contributed by atoms with Crippen molar-refractivity contribution < 1.29 is 9.90 Å². The summed E-state index contributed by atoms with van der Waals surface area (Å²) in [7, 11) is 0. The molecule has 5 nitrogen and oxygen atoms in total. The molecule has 0 spiro atoms. The van der Waals surface area contributed by atoms with Gasteiger partial charge in [-0.3, -0.25) is 4.79 Å². The van der Waals surface area contributed by atoms with Gasteiger partial charge in [-0.15, -0.1) is 0 Å². The van der Waals surface area contributed by atoms with Crippen LogP contribution in [0, 0.1) is 0 Å². The Balaban J connectivity index is 2.03. The van der Waals surface area contributed by atoms with Gasteiger partial charge in [0.15, 0.2) is 5.78 Å². The minimum absolute atomic E-state index is 0.217. The molecule has 1 N–H and O–H groups in total. The third-order valence-corrected chi connectivity index (χ3v) is 6.28. The molecule has 0 bridgehead atoms. The second-order valence-corrected chi connectivity index (χ2v) is 8.46. The zero-order valence-electron chi connectivity index (χ0n) is 18.5. The van der Waals surface area contributed by atoms with Crippen molar-refractivity contribution >= 4 is 28.3 Å². The zero-order chi connectivity index (χ0) is 23.7. The van der Waals surface area contributed by atoms with Gasteiger partial charge in [-0.2, -0.15) is 5.10 Å². The first kappa shape index (κ1) is 22.0. The molecule has 0 unspecified atom stereocenters. The molecule has 0 aliphatic rings. The quantitative estimate of drug-likeness (QED) is 0.200. The number of aliphatic hydroxyl groups is 1. The van der Waals surface area contributed by atoms with Crippen LogP contribution >= 0.6 is 11.6 Å². The van der Waals surface area contributed by atoms with Gasteiger partial charge in [-0.25, -0.2) is 9.67 Å². The van der Waals surface area contributed by atoms with Crippen LogP contribution in [-0.4, -0.2) is 25.7 Å². The van der Waals surface area contributed by atoms with Crippen molar-refractivity contribution in [1.29, 1.82) is 0 Å². The lowest BCUT2D eigenvalue weighted by molar-refractivity contribution is 0.101. The number of fused-ring (bicyclic) bond motifs is 1. The fraction of sp³-hybridized carbons (Fsp3) is 0.107. The van der Waals surface area contributed by atoms with E-state index in [4.69, 9.17) is 16.7 Å². The second-order valence-electron chi connectivity index (χ2n) is 8.07. The molecule has 0 aliphatic carbocycles. The zero-order valence-corrected chi connectivity index (χ0v) is 19.3. The maximum atomic E-state index is 12.7. The van der Waals surface area contributed by atoms with Gasteiger partial charge in [-0.1, -0.05) is 103 Å². The van der Waals surface area contributed by atoms with Gasteiger partial charge in [-0.05, 0) is 16.7 Å². The van der Waals surface area contributed by atoms with Crippen molar-refractivity contribution in [3.63, 3.8) is 0 Å². The molecular weight excluding hydrogens is 446 g/mol. The number of aromatic nitrogens is 3. The molecule has 0 saturated heterocycles. The molecule has 2 heterocycles. The largest absolute Gasteiger partial charge is 0.390 e. The normalized spacial score (nSPS) is 11.6. The number of halogens is 1. The molecule has 3 aromatic carbocycles. The van der Waals surface area contributed by atoms with Crippen LogP contribution in [0.25, 0.3) is 10.9 Å². The van der Waals surface area contributed by atoms with Crippen LogP contribution < -0.4 is 0 Å². The molecule has 0 aliphatic heterocycles. The number of rotatable bonds is 6. The van der Waals surface area contributed by atoms with E-state index in [0.717, 1.165) is 16.7 Å². The highest BCUT2D eigenvalue weighted by Crippen LogP contribution is 2.43. The minimum atomic E-state index is -0.923. The Morgan fingerprint density at radius 2 is 1.35 bits per heavy atom. The molecule has 0 atom stereocenters. The summed E-state index contributed by atoms with van der Waals surface area (Å²) in [5, 5.41) is 15.7. The molecule has 5 aromatic rings. The van der Waals surface area contributed by atoms with E-state index in [9.17, 15) is 9.90 Å². The van der Waals surface area contributed by atoms with Crippen molar-refractivity contribution in [3.05, 3.63) is 130 Å². The Kier molecular flexibility index (Phi) is 5.74. The second kappa shape index (κ2) is 8.86. The summed E-state index contributed by atoms with van der Waals surface area (Å²) in [5.41, 5.74) is 3.15. The monoisotopic (exact) mass is 467 g/mol. The van der Waals surface area contributed by atoms with Crippen molar-refractivity contribution in [2.45, 2.75) is 19.1 Å². The highest BCUT2D eigenvalue weighted by Gasteiger charge is 2.41. The first-order chi connectivity index (χ1) is 16.6. The average Bonchev–Trinajstić information content (AvgIpc) is 3.26. The number of benzene rings is 3. The predicted molar refractivity (Wildman–Crippen MR) is 133 cm³/mol. The van der Waals surface area contributed by atoms with Crippen LogP contribution in [0.4, 0.5) is 0 Å². The Labute approximate surface area is 202 Å². The summed E-state index contributed by atoms with van der Waals surface area (Å²) in [6, 6.07) is 31.9. The lowest BCUT2D eigenvalue weighted by Gasteiger charge is -2.37. The van der Waals surface area contributed by atoms with Gasteiger partial charge in [0.2, 0.25) is 0 Å². The lowest BCUT2D eigenvalue weighted by atomic mass is 9.77. The maximum absolute atomic E-state index is 12.7. The molecule has 0 saturated carbocycles. The summed E-state index contributed by atoms with van der Waals surface area (Å²) in [6.07, 6.45) is 0. The third-order valence-electron chi connectivity index (χ3n) is 6.08. The molecule has 5 rings (SSSR count). The number of nitrogens with zero attached hydrogens (tertiary/aromatic N) is 3. The fourth-order valence-corrected chi connectivity index (χ4v) is 4.91. The van der Waals surface area contributed by atoms with Gasteiger partial charge >= 0.3 is 0 Å². The smallest absolute Gasteiger partial charge is 0.180 e. The number of pyridine rings is 1. The van der Waals surface area contributed by atoms with Gasteiger partial charge < -0.3 is 5.11 Å². The van der Waals surface area contributed by atoms with E-state index >= 15 is 0 Å². The van der Waals surface area contributed by atoms with E-state index in [1.807, 2.05) is 59.3 Å². The number of Topliss-reactive ketones (excluding diaryl/α,β-unsaturated/α-hetero) is 1. The van der Waals surface area contributed by atoms with Crippen LogP contribution in [0.2, 0.25) is 5.15 Å². The van der Waals surface area contributed by atoms with E-state index in [1.165, 1.54) is 6.92 Å². The summed E-state index contributed by atoms with van der Waals surface area (Å²) in [5.74, 6) is -0.217. The van der Waals surface area contributed by atoms with Crippen LogP contribution in [0.3, 0.4) is 0 Å². The first-order valence-corrected chi connectivity index (χ1v) is 11.3. The summed E-state index contributed by atoms with van der Waals surface area (Å²) in [6.45, 7) is 1.11. The van der Waals surface area contributed by atoms with Crippen molar-refractivity contribution in [1.82, 2.24) is 14.8 Å². The summed E-state index contributed by atoms with van der Waals surface area (Å²) < 4.78 is 1.85. The highest BCUT2D eigenvalue weighted by molar-refractivity contribution is 6.30. The predicted octanol–water partition coefficient (Wildman–Crippen LogP) is 5.62. The maximum Gasteiger partial charge on any atom is 0.180 e. The molecular formula is C28H22ClN3O2. The lowest BCUT2D eigenvalue weighted by Crippen LogP contribution is -2.38. The number of hydrogen-bond donors (Lipinski definition) is 1. The third kappa shape index (κ3) is 3.41. The van der Waals surface area contributed by atoms with Crippen molar-refractivity contribution in [3.8, 4) is 0 Å². The summed E-state index contributed by atoms with van der Waals surface area (Å²) >= 11 is 6.40. The van der Waals surface area contributed by atoms with Crippen LogP contribution in [0.15, 0.2) is 97.1 Å². The van der Waals surface area contributed by atoms with Crippen LogP contribution in [-0.2, 0) is 12.1 Å².